The first-order chi connectivity index (χ1) is 15.2. The first-order valence-electron chi connectivity index (χ1n) is 10.3. The van der Waals surface area contributed by atoms with Crippen molar-refractivity contribution in [2.45, 2.75) is 26.2 Å². The van der Waals surface area contributed by atoms with Crippen LogP contribution in [0.5, 0.6) is 5.75 Å². The lowest BCUT2D eigenvalue weighted by molar-refractivity contribution is 0.0700. The third kappa shape index (κ3) is 3.68. The van der Waals surface area contributed by atoms with Gasteiger partial charge < -0.3 is 9.15 Å². The van der Waals surface area contributed by atoms with E-state index in [0.29, 0.717) is 11.3 Å². The molecule has 0 fully saturated rings. The Balaban J connectivity index is 1.45. The van der Waals surface area contributed by atoms with Crippen molar-refractivity contribution < 1.29 is 13.9 Å². The molecule has 0 radical (unpaired) electrons. The number of anilines is 1. The number of benzene rings is 2. The molecule has 6 heteroatoms. The predicted molar refractivity (Wildman–Crippen MR) is 120 cm³/mol. The first-order valence-corrected chi connectivity index (χ1v) is 10.3. The van der Waals surface area contributed by atoms with Gasteiger partial charge in [0.2, 0.25) is 5.76 Å². The number of carbonyl (C=O) groups excluding carboxylic acids is 1. The molecule has 2 aromatic heterocycles. The molecule has 0 unspecified atom stereocenters. The molecule has 0 spiro atoms. The van der Waals surface area contributed by atoms with Crippen LogP contribution in [0.1, 0.15) is 40.3 Å². The van der Waals surface area contributed by atoms with Crippen molar-refractivity contribution in [1.29, 1.82) is 0 Å². The quantitative estimate of drug-likeness (QED) is 0.272. The van der Waals surface area contributed by atoms with Gasteiger partial charge in [0.15, 0.2) is 5.75 Å². The van der Waals surface area contributed by atoms with Crippen LogP contribution in [-0.2, 0) is 6.42 Å². The number of hydrazone groups is 1. The lowest BCUT2D eigenvalue weighted by Crippen LogP contribution is -2.13. The fourth-order valence-corrected chi connectivity index (χ4v) is 3.92. The van der Waals surface area contributed by atoms with Crippen molar-refractivity contribution in [3.8, 4) is 5.75 Å². The van der Waals surface area contributed by atoms with Gasteiger partial charge in [0.25, 0.3) is 0 Å². The number of esters is 1. The number of hydrogen-bond acceptors (Lipinski definition) is 6. The van der Waals surface area contributed by atoms with Crippen molar-refractivity contribution in [1.82, 2.24) is 4.98 Å². The Morgan fingerprint density at radius 2 is 1.90 bits per heavy atom. The summed E-state index contributed by atoms with van der Waals surface area (Å²) in [5.74, 6) is 0.879. The Hall–Kier alpha value is -3.93. The topological polar surface area (TPSA) is 76.7 Å². The van der Waals surface area contributed by atoms with Crippen LogP contribution < -0.4 is 10.2 Å². The number of pyridine rings is 1. The minimum atomic E-state index is -0.527. The van der Waals surface area contributed by atoms with E-state index < -0.39 is 5.97 Å². The Morgan fingerprint density at radius 3 is 2.77 bits per heavy atom. The number of nitrogens with one attached hydrogen (secondary N) is 1. The smallest absolute Gasteiger partial charge is 0.380 e. The van der Waals surface area contributed by atoms with Gasteiger partial charge in [0.05, 0.1) is 11.4 Å². The van der Waals surface area contributed by atoms with Crippen molar-refractivity contribution in [2.24, 2.45) is 5.10 Å². The van der Waals surface area contributed by atoms with E-state index in [1.165, 1.54) is 0 Å². The number of aromatic nitrogens is 1. The van der Waals surface area contributed by atoms with E-state index in [-0.39, 0.29) is 5.76 Å². The summed E-state index contributed by atoms with van der Waals surface area (Å²) >= 11 is 0. The molecular formula is C25H21N3O3. The molecular weight excluding hydrogens is 390 g/mol. The highest BCUT2D eigenvalue weighted by molar-refractivity contribution is 6.06. The highest BCUT2D eigenvalue weighted by Gasteiger charge is 2.29. The van der Waals surface area contributed by atoms with E-state index in [1.54, 1.807) is 12.3 Å². The number of rotatable bonds is 4. The molecule has 0 atom stereocenters. The van der Waals surface area contributed by atoms with Gasteiger partial charge >= 0.3 is 5.97 Å². The first kappa shape index (κ1) is 19.1. The largest absolute Gasteiger partial charge is 0.453 e. The van der Waals surface area contributed by atoms with E-state index in [2.05, 4.69) is 15.5 Å². The standard InChI is InChI=1S/C25H21N3O3/c1-16-22-19(28-27-18-10-3-2-4-11-18)12-6-13-20(22)30-24(16)25(29)31-21-14-5-8-17-9-7-15-26-23(17)21/h2-5,7-11,14-15,27H,6,12-13H2,1H3/b28-19+. The van der Waals surface area contributed by atoms with E-state index in [0.717, 1.165) is 52.9 Å². The third-order valence-electron chi connectivity index (χ3n) is 5.40. The van der Waals surface area contributed by atoms with Gasteiger partial charge in [-0.25, -0.2) is 4.79 Å². The van der Waals surface area contributed by atoms with Crippen LogP contribution in [0.15, 0.2) is 76.4 Å². The minimum Gasteiger partial charge on any atom is -0.453 e. The zero-order chi connectivity index (χ0) is 21.2. The number of furan rings is 1. The normalized spacial score (nSPS) is 14.4. The van der Waals surface area contributed by atoms with Crippen LogP contribution >= 0.6 is 0 Å². The third-order valence-corrected chi connectivity index (χ3v) is 5.40. The molecule has 154 valence electrons. The second-order valence-electron chi connectivity index (χ2n) is 7.47. The summed E-state index contributed by atoms with van der Waals surface area (Å²) in [6.45, 7) is 1.88. The van der Waals surface area contributed by atoms with Gasteiger partial charge in [0, 0.05) is 29.1 Å². The fourth-order valence-electron chi connectivity index (χ4n) is 3.92. The molecule has 6 nitrogen and oxygen atoms in total. The summed E-state index contributed by atoms with van der Waals surface area (Å²) in [7, 11) is 0. The molecule has 0 aliphatic heterocycles. The number of para-hydroxylation sites is 2. The molecule has 0 amide bonds. The summed E-state index contributed by atoms with van der Waals surface area (Å²) in [6.07, 6.45) is 4.18. The summed E-state index contributed by atoms with van der Waals surface area (Å²) < 4.78 is 11.6. The molecule has 2 aromatic carbocycles. The van der Waals surface area contributed by atoms with Crippen LogP contribution in [0.2, 0.25) is 0 Å². The maximum Gasteiger partial charge on any atom is 0.380 e. The second kappa shape index (κ2) is 8.07. The molecule has 5 rings (SSSR count). The Kier molecular flexibility index (Phi) is 4.96. The Morgan fingerprint density at radius 1 is 1.06 bits per heavy atom. The number of aryl methyl sites for hydroxylation is 1. The highest BCUT2D eigenvalue weighted by Crippen LogP contribution is 2.31. The van der Waals surface area contributed by atoms with Crippen molar-refractivity contribution >= 4 is 28.3 Å². The number of ether oxygens (including phenoxy) is 1. The zero-order valence-electron chi connectivity index (χ0n) is 17.1. The van der Waals surface area contributed by atoms with Gasteiger partial charge in [0.1, 0.15) is 11.3 Å². The van der Waals surface area contributed by atoms with Crippen LogP contribution in [0.4, 0.5) is 5.69 Å². The molecule has 4 aromatic rings. The van der Waals surface area contributed by atoms with Crippen molar-refractivity contribution in [3.63, 3.8) is 0 Å². The van der Waals surface area contributed by atoms with E-state index in [4.69, 9.17) is 9.15 Å². The minimum absolute atomic E-state index is 0.215. The molecule has 0 saturated heterocycles. The van der Waals surface area contributed by atoms with Gasteiger partial charge in [-0.3, -0.25) is 10.4 Å². The van der Waals surface area contributed by atoms with Gasteiger partial charge in [-0.1, -0.05) is 36.4 Å². The molecule has 1 aliphatic carbocycles. The number of nitrogens with zero attached hydrogens (tertiary/aromatic N) is 2. The molecule has 1 N–H and O–H groups in total. The number of hydrogen-bond donors (Lipinski definition) is 1. The summed E-state index contributed by atoms with van der Waals surface area (Å²) in [5.41, 5.74) is 7.19. The van der Waals surface area contributed by atoms with E-state index in [1.807, 2.05) is 61.5 Å². The van der Waals surface area contributed by atoms with Gasteiger partial charge in [-0.05, 0) is 44.0 Å². The van der Waals surface area contributed by atoms with E-state index >= 15 is 0 Å². The lowest BCUT2D eigenvalue weighted by Gasteiger charge is -2.13. The molecule has 2 heterocycles. The maximum absolute atomic E-state index is 13.0. The molecule has 0 saturated carbocycles. The zero-order valence-corrected chi connectivity index (χ0v) is 17.1. The monoisotopic (exact) mass is 411 g/mol. The van der Waals surface area contributed by atoms with Crippen LogP contribution in [0.25, 0.3) is 10.9 Å². The average molecular weight is 411 g/mol. The SMILES string of the molecule is Cc1c(C(=O)Oc2cccc3cccnc23)oc2c1/C(=N/Nc1ccccc1)CCC2. The maximum atomic E-state index is 13.0. The summed E-state index contributed by atoms with van der Waals surface area (Å²) in [6, 6.07) is 19.1. The van der Waals surface area contributed by atoms with Crippen LogP contribution in [-0.4, -0.2) is 16.7 Å². The Labute approximate surface area is 179 Å². The second-order valence-corrected chi connectivity index (χ2v) is 7.47. The van der Waals surface area contributed by atoms with Gasteiger partial charge in [-0.2, -0.15) is 5.10 Å². The van der Waals surface area contributed by atoms with Crippen molar-refractivity contribution in [2.75, 3.05) is 5.43 Å². The van der Waals surface area contributed by atoms with Crippen LogP contribution in [0, 0.1) is 6.92 Å². The lowest BCUT2D eigenvalue weighted by atomic mass is 9.93. The number of fused-ring (bicyclic) bond motifs is 2. The summed E-state index contributed by atoms with van der Waals surface area (Å²) in [4.78, 5) is 17.3. The number of carbonyl (C=O) groups is 1. The average Bonchev–Trinajstić information content (AvgIpc) is 3.16. The fraction of sp³-hybridized carbons (Fsp3) is 0.160. The van der Waals surface area contributed by atoms with Gasteiger partial charge in [-0.15, -0.1) is 0 Å². The van der Waals surface area contributed by atoms with Crippen LogP contribution in [0.3, 0.4) is 0 Å². The summed E-state index contributed by atoms with van der Waals surface area (Å²) in [5, 5.41) is 5.50. The molecule has 1 aliphatic rings. The Bertz CT molecular complexity index is 1290. The highest BCUT2D eigenvalue weighted by atomic mass is 16.5. The van der Waals surface area contributed by atoms with Crippen molar-refractivity contribution in [3.05, 3.63) is 89.5 Å². The molecule has 31 heavy (non-hydrogen) atoms. The molecule has 0 bridgehead atoms. The van der Waals surface area contributed by atoms with E-state index in [9.17, 15) is 4.79 Å². The predicted octanol–water partition coefficient (Wildman–Crippen LogP) is 5.51.